The molecule has 16 heavy (non-hydrogen) atoms. The fourth-order valence-corrected chi connectivity index (χ4v) is 2.27. The molecule has 0 heterocycles. The normalized spacial score (nSPS) is 13.8. The Hall–Kier alpha value is 1.52. The van der Waals surface area contributed by atoms with Crippen molar-refractivity contribution in [2.24, 2.45) is 0 Å². The van der Waals surface area contributed by atoms with E-state index in [0.29, 0.717) is 6.42 Å². The third-order valence-corrected chi connectivity index (χ3v) is 4.82. The van der Waals surface area contributed by atoms with Crippen molar-refractivity contribution in [1.82, 2.24) is 0 Å². The van der Waals surface area contributed by atoms with Crippen LogP contribution in [-0.2, 0) is 9.13 Å². The number of hydrogen-bond acceptors (Lipinski definition) is 4. The summed E-state index contributed by atoms with van der Waals surface area (Å²) in [7, 11) is -6.35. The SMILES string of the molecule is O.O.O.O=[P+]([O-])C(O)(CCC[AsH2])[P+](=O)O.[Na+]. The molecule has 0 aromatic heterocycles. The number of aliphatic hydroxyl groups is 1. The van der Waals surface area contributed by atoms with Gasteiger partial charge in [0.25, 0.3) is 0 Å². The molecule has 12 heteroatoms. The van der Waals surface area contributed by atoms with Crippen LogP contribution in [0.25, 0.3) is 0 Å². The molecule has 4 unspecified atom stereocenters. The van der Waals surface area contributed by atoms with Crippen LogP contribution in [0, 0.1) is 0 Å². The van der Waals surface area contributed by atoms with Crippen molar-refractivity contribution in [3.63, 3.8) is 0 Å². The van der Waals surface area contributed by atoms with Crippen molar-refractivity contribution in [2.45, 2.75) is 23.1 Å². The average molecular weight is 352 g/mol. The second-order valence-electron chi connectivity index (χ2n) is 2.20. The molecule has 0 radical (unpaired) electrons. The monoisotopic (exact) mass is 352 g/mol. The van der Waals surface area contributed by atoms with Crippen molar-refractivity contribution < 1.29 is 70.0 Å². The molecule has 8 nitrogen and oxygen atoms in total. The van der Waals surface area contributed by atoms with Crippen LogP contribution in [0.5, 0.6) is 0 Å². The smallest absolute Gasteiger partial charge is 1.00 e. The molecule has 94 valence electrons. The Balaban J connectivity index is -0.000000101. The van der Waals surface area contributed by atoms with Crippen LogP contribution in [0.15, 0.2) is 0 Å². The van der Waals surface area contributed by atoms with Crippen LogP contribution in [0.2, 0.25) is 5.21 Å². The summed E-state index contributed by atoms with van der Waals surface area (Å²) in [6.45, 7) is 0. The second-order valence-corrected chi connectivity index (χ2v) is 6.30. The maximum Gasteiger partial charge on any atom is 1.00 e. The summed E-state index contributed by atoms with van der Waals surface area (Å²) in [5, 5.41) is 7.48. The first-order chi connectivity index (χ1) is 5.45. The summed E-state index contributed by atoms with van der Waals surface area (Å²) >= 11 is 1.39. The van der Waals surface area contributed by atoms with Gasteiger partial charge in [-0.1, -0.05) is 0 Å². The van der Waals surface area contributed by atoms with Crippen molar-refractivity contribution >= 4 is 32.9 Å². The van der Waals surface area contributed by atoms with E-state index in [1.165, 1.54) is 16.9 Å². The largest absolute Gasteiger partial charge is 1.00 e. The van der Waals surface area contributed by atoms with Crippen LogP contribution in [0.3, 0.4) is 0 Å². The second kappa shape index (κ2) is 14.6. The molecule has 0 aliphatic rings. The Labute approximate surface area is 125 Å². The zero-order chi connectivity index (χ0) is 9.78. The van der Waals surface area contributed by atoms with Crippen LogP contribution < -0.4 is 34.5 Å². The standard InChI is InChI=1S/C4H9AsO5P2.Na.3H2O/c5-3-1-2-4(6,11(7)8)12(9)10;;;;/h6H,1-3,5H2;;3*1H2/q;+1;;;/p+1. The van der Waals surface area contributed by atoms with Crippen LogP contribution in [0.1, 0.15) is 12.8 Å². The molecule has 0 rings (SSSR count). The van der Waals surface area contributed by atoms with E-state index >= 15 is 0 Å². The van der Waals surface area contributed by atoms with Gasteiger partial charge < -0.3 is 16.4 Å². The first-order valence-electron chi connectivity index (χ1n) is 3.18. The van der Waals surface area contributed by atoms with Gasteiger partial charge in [-0.2, -0.15) is 0 Å². The first kappa shape index (κ1) is 30.5. The topological polar surface area (TPSA) is 192 Å². The summed E-state index contributed by atoms with van der Waals surface area (Å²) in [5.41, 5.74) is 0. The van der Waals surface area contributed by atoms with E-state index in [9.17, 15) is 19.1 Å². The van der Waals surface area contributed by atoms with Gasteiger partial charge in [-0.05, 0) is 0 Å². The zero-order valence-corrected chi connectivity index (χ0v) is 14.9. The van der Waals surface area contributed by atoms with Gasteiger partial charge in [-0.25, -0.2) is 0 Å². The Morgan fingerprint density at radius 2 is 1.62 bits per heavy atom. The summed E-state index contributed by atoms with van der Waals surface area (Å²) in [6, 6.07) is 0. The fraction of sp³-hybridized carbons (Fsp3) is 1.00. The third-order valence-electron chi connectivity index (χ3n) is 1.32. The molecule has 0 aromatic carbocycles. The Kier molecular flexibility index (Phi) is 27.8. The zero-order valence-electron chi connectivity index (χ0n) is 8.71. The number of rotatable bonds is 5. The minimum atomic E-state index is -3.27. The Bertz CT molecular complexity index is 190. The summed E-state index contributed by atoms with van der Waals surface area (Å²) in [6.07, 6.45) is 0.261. The summed E-state index contributed by atoms with van der Waals surface area (Å²) < 4.78 is 20.9. The summed E-state index contributed by atoms with van der Waals surface area (Å²) in [5.74, 6) is 0. The van der Waals surface area contributed by atoms with E-state index in [1.54, 1.807) is 0 Å². The summed E-state index contributed by atoms with van der Waals surface area (Å²) in [4.78, 5) is 19.0. The van der Waals surface area contributed by atoms with E-state index in [0.717, 1.165) is 5.21 Å². The molecule has 0 aliphatic carbocycles. The molecule has 0 fully saturated rings. The molecule has 0 bridgehead atoms. The minimum absolute atomic E-state index is 0. The van der Waals surface area contributed by atoms with Crippen molar-refractivity contribution in [3.05, 3.63) is 0 Å². The predicted molar refractivity (Wildman–Crippen MR) is 55.8 cm³/mol. The van der Waals surface area contributed by atoms with E-state index in [4.69, 9.17) is 4.89 Å². The van der Waals surface area contributed by atoms with Crippen molar-refractivity contribution in [2.75, 3.05) is 0 Å². The molecule has 4 atom stereocenters. The van der Waals surface area contributed by atoms with Crippen molar-refractivity contribution in [1.29, 1.82) is 0 Å². The average Bonchev–Trinajstić information content (AvgIpc) is 1.99. The molecule has 8 N–H and O–H groups in total. The van der Waals surface area contributed by atoms with Gasteiger partial charge >= 0.3 is 110 Å². The fourth-order valence-electron chi connectivity index (χ4n) is 0.596. The van der Waals surface area contributed by atoms with Gasteiger partial charge in [0.2, 0.25) is 0 Å². The maximum atomic E-state index is 10.5. The van der Waals surface area contributed by atoms with Crippen molar-refractivity contribution in [3.8, 4) is 0 Å². The van der Waals surface area contributed by atoms with Gasteiger partial charge in [0, 0.05) is 0 Å². The molecule has 0 aliphatic heterocycles. The molecular formula is C4H16AsNaO8P2+2. The number of hydrogen-bond donors (Lipinski definition) is 2. The van der Waals surface area contributed by atoms with E-state index in [2.05, 4.69) is 0 Å². The minimum Gasteiger partial charge on any atom is 1.00 e. The molecule has 0 saturated heterocycles. The van der Waals surface area contributed by atoms with Gasteiger partial charge in [0.05, 0.1) is 0 Å². The van der Waals surface area contributed by atoms with Crippen LogP contribution >= 0.6 is 16.1 Å². The maximum absolute atomic E-state index is 10.5. The Morgan fingerprint density at radius 3 is 1.81 bits per heavy atom. The van der Waals surface area contributed by atoms with Gasteiger partial charge in [-0.3, -0.25) is 0 Å². The van der Waals surface area contributed by atoms with E-state index < -0.39 is 21.1 Å². The third kappa shape index (κ3) is 9.54. The van der Waals surface area contributed by atoms with Gasteiger partial charge in [-0.15, -0.1) is 0 Å². The van der Waals surface area contributed by atoms with Crippen LogP contribution in [-0.4, -0.2) is 48.4 Å². The Morgan fingerprint density at radius 1 is 1.25 bits per heavy atom. The predicted octanol–water partition coefficient (Wildman–Crippen LogP) is -6.17. The molecular weight excluding hydrogens is 336 g/mol. The van der Waals surface area contributed by atoms with Crippen LogP contribution in [0.4, 0.5) is 0 Å². The molecule has 0 aromatic rings. The van der Waals surface area contributed by atoms with Gasteiger partial charge in [0.15, 0.2) is 0 Å². The molecule has 0 saturated carbocycles. The molecule has 0 amide bonds. The first-order valence-corrected chi connectivity index (χ1v) is 7.28. The van der Waals surface area contributed by atoms with E-state index in [-0.39, 0.29) is 52.4 Å². The quantitative estimate of drug-likeness (QED) is 0.366. The van der Waals surface area contributed by atoms with Gasteiger partial charge in [0.1, 0.15) is 0 Å². The molecule has 0 spiro atoms. The van der Waals surface area contributed by atoms with E-state index in [1.807, 2.05) is 0 Å².